The smallest absolute Gasteiger partial charge is 0.267 e. The number of carbonyl (C=O) groups is 1. The Bertz CT molecular complexity index is 712. The quantitative estimate of drug-likeness (QED) is 0.758. The molecule has 0 N–H and O–H groups in total. The fraction of sp³-hybridized carbons (Fsp3) is 0.400. The standard InChI is InChI=1S/C20H24N2O/c1-14(2)17-11-9-15(3)18-13-22(21-20(17)18)19(23)12-10-16-7-5-4-6-8-16/h4-8,10,12-15,17H,9,11H2,1-3H3/b12-10+/t15-,17+/m1/s1. The van der Waals surface area contributed by atoms with Gasteiger partial charge in [-0.3, -0.25) is 4.79 Å². The second kappa shape index (κ2) is 6.53. The molecule has 1 aromatic heterocycles. The zero-order chi connectivity index (χ0) is 16.4. The van der Waals surface area contributed by atoms with Crippen molar-refractivity contribution in [3.8, 4) is 0 Å². The second-order valence-corrected chi connectivity index (χ2v) is 6.83. The molecule has 3 nitrogen and oxygen atoms in total. The highest BCUT2D eigenvalue weighted by Crippen LogP contribution is 2.41. The molecule has 3 heteroatoms. The Hall–Kier alpha value is -2.16. The van der Waals surface area contributed by atoms with Gasteiger partial charge in [0, 0.05) is 18.2 Å². The number of hydrogen-bond donors (Lipinski definition) is 0. The highest BCUT2D eigenvalue weighted by molar-refractivity contribution is 5.93. The van der Waals surface area contributed by atoms with Crippen LogP contribution in [-0.2, 0) is 0 Å². The summed E-state index contributed by atoms with van der Waals surface area (Å²) in [5.41, 5.74) is 3.39. The summed E-state index contributed by atoms with van der Waals surface area (Å²) in [7, 11) is 0. The number of fused-ring (bicyclic) bond motifs is 1. The van der Waals surface area contributed by atoms with Crippen molar-refractivity contribution in [1.82, 2.24) is 9.78 Å². The number of nitrogens with zero attached hydrogens (tertiary/aromatic N) is 2. The van der Waals surface area contributed by atoms with Gasteiger partial charge in [0.2, 0.25) is 0 Å². The molecule has 0 saturated carbocycles. The lowest BCUT2D eigenvalue weighted by molar-refractivity contribution is 0.0954. The van der Waals surface area contributed by atoms with Crippen molar-refractivity contribution in [2.24, 2.45) is 5.92 Å². The Morgan fingerprint density at radius 3 is 2.70 bits per heavy atom. The highest BCUT2D eigenvalue weighted by atomic mass is 16.2. The van der Waals surface area contributed by atoms with E-state index in [0.717, 1.165) is 17.7 Å². The maximum atomic E-state index is 12.4. The molecule has 0 radical (unpaired) electrons. The van der Waals surface area contributed by atoms with Gasteiger partial charge in [-0.25, -0.2) is 4.68 Å². The monoisotopic (exact) mass is 308 g/mol. The van der Waals surface area contributed by atoms with Crippen LogP contribution in [0, 0.1) is 5.92 Å². The fourth-order valence-corrected chi connectivity index (χ4v) is 3.36. The summed E-state index contributed by atoms with van der Waals surface area (Å²) in [5, 5.41) is 4.63. The van der Waals surface area contributed by atoms with Crippen molar-refractivity contribution in [2.75, 3.05) is 0 Å². The summed E-state index contributed by atoms with van der Waals surface area (Å²) in [6, 6.07) is 9.86. The van der Waals surface area contributed by atoms with Crippen molar-refractivity contribution in [2.45, 2.75) is 45.4 Å². The molecule has 0 unspecified atom stereocenters. The highest BCUT2D eigenvalue weighted by Gasteiger charge is 2.30. The van der Waals surface area contributed by atoms with E-state index in [-0.39, 0.29) is 5.91 Å². The summed E-state index contributed by atoms with van der Waals surface area (Å²) < 4.78 is 1.52. The van der Waals surface area contributed by atoms with E-state index in [9.17, 15) is 4.79 Å². The molecular formula is C20H24N2O. The van der Waals surface area contributed by atoms with E-state index in [1.54, 1.807) is 6.08 Å². The lowest BCUT2D eigenvalue weighted by Gasteiger charge is -2.27. The van der Waals surface area contributed by atoms with Crippen molar-refractivity contribution in [3.05, 3.63) is 59.4 Å². The maximum absolute atomic E-state index is 12.4. The molecule has 3 rings (SSSR count). The normalized spacial score (nSPS) is 20.9. The van der Waals surface area contributed by atoms with Crippen molar-refractivity contribution < 1.29 is 4.79 Å². The largest absolute Gasteiger partial charge is 0.270 e. The Morgan fingerprint density at radius 2 is 2.00 bits per heavy atom. The first kappa shape index (κ1) is 15.7. The number of aromatic nitrogens is 2. The number of rotatable bonds is 3. The first-order valence-corrected chi connectivity index (χ1v) is 8.43. The fourth-order valence-electron chi connectivity index (χ4n) is 3.36. The van der Waals surface area contributed by atoms with Gasteiger partial charge in [0.25, 0.3) is 5.91 Å². The second-order valence-electron chi connectivity index (χ2n) is 6.83. The van der Waals surface area contributed by atoms with Crippen molar-refractivity contribution >= 4 is 12.0 Å². The Morgan fingerprint density at radius 1 is 1.26 bits per heavy atom. The summed E-state index contributed by atoms with van der Waals surface area (Å²) >= 11 is 0. The number of benzene rings is 1. The van der Waals surface area contributed by atoms with Crippen LogP contribution in [0.2, 0.25) is 0 Å². The van der Waals surface area contributed by atoms with Crippen LogP contribution in [0.1, 0.15) is 67.1 Å². The van der Waals surface area contributed by atoms with Crippen LogP contribution in [-0.4, -0.2) is 15.7 Å². The van der Waals surface area contributed by atoms with Gasteiger partial charge in [0.15, 0.2) is 0 Å². The topological polar surface area (TPSA) is 34.9 Å². The molecule has 120 valence electrons. The molecule has 0 aliphatic heterocycles. The zero-order valence-electron chi connectivity index (χ0n) is 14.1. The van der Waals surface area contributed by atoms with E-state index in [2.05, 4.69) is 25.9 Å². The SMILES string of the molecule is CC(C)[C@@H]1CC[C@@H](C)c2cn(C(=O)/C=C/c3ccccc3)nc21. The molecule has 1 aliphatic rings. The Kier molecular flexibility index (Phi) is 4.46. The number of hydrogen-bond acceptors (Lipinski definition) is 2. The van der Waals surface area contributed by atoms with Crippen LogP contribution in [0.25, 0.3) is 6.08 Å². The minimum Gasteiger partial charge on any atom is -0.267 e. The first-order valence-electron chi connectivity index (χ1n) is 8.43. The van der Waals surface area contributed by atoms with Crippen LogP contribution in [0.15, 0.2) is 42.6 Å². The molecule has 0 bridgehead atoms. The van der Waals surface area contributed by atoms with E-state index in [4.69, 9.17) is 0 Å². The predicted octanol–water partition coefficient (Wildman–Crippen LogP) is 4.87. The summed E-state index contributed by atoms with van der Waals surface area (Å²) in [5.74, 6) is 1.42. The van der Waals surface area contributed by atoms with Crippen LogP contribution in [0.3, 0.4) is 0 Å². The average molecular weight is 308 g/mol. The molecule has 2 aromatic rings. The molecule has 0 amide bonds. The van der Waals surface area contributed by atoms with E-state index < -0.39 is 0 Å². The molecule has 1 heterocycles. The Balaban J connectivity index is 1.85. The maximum Gasteiger partial charge on any atom is 0.270 e. The Labute approximate surface area is 138 Å². The van der Waals surface area contributed by atoms with E-state index in [0.29, 0.717) is 17.8 Å². The molecule has 1 aliphatic carbocycles. The average Bonchev–Trinajstić information content (AvgIpc) is 2.99. The van der Waals surface area contributed by atoms with E-state index in [1.807, 2.05) is 42.6 Å². The number of allylic oxidation sites excluding steroid dienone is 1. The third-order valence-electron chi connectivity index (χ3n) is 4.81. The minimum atomic E-state index is -0.0852. The lowest BCUT2D eigenvalue weighted by Crippen LogP contribution is -2.16. The summed E-state index contributed by atoms with van der Waals surface area (Å²) in [4.78, 5) is 12.4. The summed E-state index contributed by atoms with van der Waals surface area (Å²) in [6.07, 6.45) is 7.72. The van der Waals surface area contributed by atoms with Gasteiger partial charge in [-0.1, -0.05) is 51.1 Å². The van der Waals surface area contributed by atoms with E-state index >= 15 is 0 Å². The van der Waals surface area contributed by atoms with Crippen molar-refractivity contribution in [3.63, 3.8) is 0 Å². The molecule has 0 spiro atoms. The van der Waals surface area contributed by atoms with Gasteiger partial charge in [0.1, 0.15) is 0 Å². The number of carbonyl (C=O) groups excluding carboxylic acids is 1. The van der Waals surface area contributed by atoms with Crippen LogP contribution < -0.4 is 0 Å². The van der Waals surface area contributed by atoms with Gasteiger partial charge in [-0.05, 0) is 41.9 Å². The zero-order valence-corrected chi connectivity index (χ0v) is 14.1. The van der Waals surface area contributed by atoms with Gasteiger partial charge in [-0.2, -0.15) is 5.10 Å². The molecule has 2 atom stereocenters. The van der Waals surface area contributed by atoms with Crippen LogP contribution in [0.5, 0.6) is 0 Å². The molecule has 0 fully saturated rings. The van der Waals surface area contributed by atoms with Gasteiger partial charge < -0.3 is 0 Å². The summed E-state index contributed by atoms with van der Waals surface area (Å²) in [6.45, 7) is 6.70. The molecular weight excluding hydrogens is 284 g/mol. The van der Waals surface area contributed by atoms with Gasteiger partial charge in [0.05, 0.1) is 5.69 Å². The van der Waals surface area contributed by atoms with E-state index in [1.165, 1.54) is 16.7 Å². The third-order valence-corrected chi connectivity index (χ3v) is 4.81. The first-order chi connectivity index (χ1) is 11.1. The lowest BCUT2D eigenvalue weighted by atomic mass is 9.77. The molecule has 1 aromatic carbocycles. The van der Waals surface area contributed by atoms with Gasteiger partial charge >= 0.3 is 0 Å². The minimum absolute atomic E-state index is 0.0852. The van der Waals surface area contributed by atoms with Gasteiger partial charge in [-0.15, -0.1) is 0 Å². The molecule has 23 heavy (non-hydrogen) atoms. The molecule has 0 saturated heterocycles. The van der Waals surface area contributed by atoms with Crippen molar-refractivity contribution in [1.29, 1.82) is 0 Å². The van der Waals surface area contributed by atoms with Crippen LogP contribution >= 0.6 is 0 Å². The third kappa shape index (κ3) is 3.29. The predicted molar refractivity (Wildman–Crippen MR) is 93.6 cm³/mol. The van der Waals surface area contributed by atoms with Crippen LogP contribution in [0.4, 0.5) is 0 Å².